The minimum absolute atomic E-state index is 0.0733. The van der Waals surface area contributed by atoms with Gasteiger partial charge in [0, 0.05) is 30.6 Å². The topological polar surface area (TPSA) is 49.9 Å². The van der Waals surface area contributed by atoms with E-state index in [9.17, 15) is 17.2 Å². The summed E-state index contributed by atoms with van der Waals surface area (Å²) in [5, 5.41) is 1.18. The smallest absolute Gasteiger partial charge is 0.258 e. The van der Waals surface area contributed by atoms with Crippen molar-refractivity contribution in [1.29, 1.82) is 0 Å². The van der Waals surface area contributed by atoms with Gasteiger partial charge in [-0.05, 0) is 69.5 Å². The molecule has 32 heavy (non-hydrogen) atoms. The molecule has 172 valence electrons. The standard InChI is InChI=1S/C24H28F2N2O3S/c1-17(2)31-21-6-4-5-19(13-21)16-27-11-9-24(15-18(27)3)10-12-32(29,30)28(24)20-7-8-22(25)23(26)14-20/h4-8,10,12-14,17-18H,9,11,15-16H2,1-3H3/t18-,24-/m0/s1. The minimum Gasteiger partial charge on any atom is -0.491 e. The number of halogens is 2. The third-order valence-corrected chi connectivity index (χ3v) is 7.67. The fourth-order valence-corrected chi connectivity index (χ4v) is 6.39. The number of likely N-dealkylation sites (tertiary alicyclic amines) is 1. The molecule has 1 fully saturated rings. The lowest BCUT2D eigenvalue weighted by Crippen LogP contribution is -2.56. The maximum Gasteiger partial charge on any atom is 0.258 e. The van der Waals surface area contributed by atoms with Crippen molar-refractivity contribution in [3.63, 3.8) is 0 Å². The summed E-state index contributed by atoms with van der Waals surface area (Å²) in [5.74, 6) is -1.24. The molecule has 1 spiro atoms. The summed E-state index contributed by atoms with van der Waals surface area (Å²) in [4.78, 5) is 2.31. The van der Waals surface area contributed by atoms with Gasteiger partial charge in [0.1, 0.15) is 5.75 Å². The molecule has 0 N–H and O–H groups in total. The van der Waals surface area contributed by atoms with E-state index in [0.29, 0.717) is 25.9 Å². The molecule has 8 heteroatoms. The van der Waals surface area contributed by atoms with Crippen LogP contribution in [-0.4, -0.2) is 37.5 Å². The van der Waals surface area contributed by atoms with Gasteiger partial charge in [0.2, 0.25) is 0 Å². The van der Waals surface area contributed by atoms with E-state index < -0.39 is 27.2 Å². The van der Waals surface area contributed by atoms with Gasteiger partial charge < -0.3 is 4.74 Å². The quantitative estimate of drug-likeness (QED) is 0.638. The lowest BCUT2D eigenvalue weighted by molar-refractivity contribution is 0.119. The van der Waals surface area contributed by atoms with E-state index in [4.69, 9.17) is 4.74 Å². The zero-order valence-corrected chi connectivity index (χ0v) is 19.3. The number of nitrogens with zero attached hydrogens (tertiary/aromatic N) is 2. The summed E-state index contributed by atoms with van der Waals surface area (Å²) in [7, 11) is -3.77. The largest absolute Gasteiger partial charge is 0.491 e. The van der Waals surface area contributed by atoms with Gasteiger partial charge in [0.15, 0.2) is 11.6 Å². The molecular formula is C24H28F2N2O3S. The van der Waals surface area contributed by atoms with Crippen molar-refractivity contribution in [3.05, 3.63) is 71.1 Å². The Balaban J connectivity index is 1.55. The highest BCUT2D eigenvalue weighted by Crippen LogP contribution is 2.43. The number of piperidine rings is 1. The average Bonchev–Trinajstić information content (AvgIpc) is 2.96. The molecule has 4 rings (SSSR count). The Morgan fingerprint density at radius 1 is 1.16 bits per heavy atom. The molecule has 2 atom stereocenters. The van der Waals surface area contributed by atoms with Crippen LogP contribution in [0.2, 0.25) is 0 Å². The molecule has 0 amide bonds. The summed E-state index contributed by atoms with van der Waals surface area (Å²) < 4.78 is 60.1. The van der Waals surface area contributed by atoms with Crippen molar-refractivity contribution in [3.8, 4) is 5.75 Å². The Labute approximate surface area is 188 Å². The van der Waals surface area contributed by atoms with Gasteiger partial charge in [-0.15, -0.1) is 0 Å². The Kier molecular flexibility index (Phi) is 6.02. The Bertz CT molecular complexity index is 1140. The number of hydrogen-bond donors (Lipinski definition) is 0. The van der Waals surface area contributed by atoms with Crippen LogP contribution < -0.4 is 9.04 Å². The molecule has 0 saturated carbocycles. The Morgan fingerprint density at radius 3 is 2.62 bits per heavy atom. The molecule has 2 aromatic carbocycles. The molecular weight excluding hydrogens is 434 g/mol. The van der Waals surface area contributed by atoms with E-state index in [1.165, 1.54) is 15.8 Å². The van der Waals surface area contributed by atoms with E-state index >= 15 is 0 Å². The fraction of sp³-hybridized carbons (Fsp3) is 0.417. The minimum atomic E-state index is -3.77. The van der Waals surface area contributed by atoms with Crippen LogP contribution in [0.4, 0.5) is 14.5 Å². The van der Waals surface area contributed by atoms with Crippen LogP contribution in [0.1, 0.15) is 39.2 Å². The van der Waals surface area contributed by atoms with Gasteiger partial charge in [-0.3, -0.25) is 9.21 Å². The van der Waals surface area contributed by atoms with Crippen molar-refractivity contribution in [2.45, 2.75) is 57.8 Å². The van der Waals surface area contributed by atoms with Crippen LogP contribution in [0.15, 0.2) is 53.9 Å². The molecule has 1 saturated heterocycles. The van der Waals surface area contributed by atoms with Crippen LogP contribution in [0, 0.1) is 11.6 Å². The normalized spacial score (nSPS) is 25.1. The van der Waals surface area contributed by atoms with Gasteiger partial charge in [-0.1, -0.05) is 12.1 Å². The first kappa shape index (κ1) is 22.7. The number of ether oxygens (including phenoxy) is 1. The van der Waals surface area contributed by atoms with Crippen LogP contribution in [-0.2, 0) is 16.6 Å². The Morgan fingerprint density at radius 2 is 1.94 bits per heavy atom. The van der Waals surface area contributed by atoms with E-state index in [0.717, 1.165) is 23.4 Å². The highest BCUT2D eigenvalue weighted by Gasteiger charge is 2.49. The molecule has 0 bridgehead atoms. The van der Waals surface area contributed by atoms with Crippen molar-refractivity contribution in [2.24, 2.45) is 0 Å². The maximum absolute atomic E-state index is 13.9. The van der Waals surface area contributed by atoms with Crippen molar-refractivity contribution < 1.29 is 21.9 Å². The van der Waals surface area contributed by atoms with Crippen molar-refractivity contribution >= 4 is 15.7 Å². The van der Waals surface area contributed by atoms with Gasteiger partial charge >= 0.3 is 0 Å². The van der Waals surface area contributed by atoms with E-state index in [1.807, 2.05) is 32.0 Å². The molecule has 2 aliphatic rings. The number of benzene rings is 2. The fourth-order valence-electron chi connectivity index (χ4n) is 4.70. The number of hydrogen-bond acceptors (Lipinski definition) is 4. The second kappa shape index (κ2) is 8.48. The molecule has 0 aromatic heterocycles. The second-order valence-electron chi connectivity index (χ2n) is 8.90. The second-order valence-corrected chi connectivity index (χ2v) is 10.6. The number of anilines is 1. The predicted octanol–water partition coefficient (Wildman–Crippen LogP) is 4.84. The molecule has 2 aliphatic heterocycles. The highest BCUT2D eigenvalue weighted by molar-refractivity contribution is 7.96. The van der Waals surface area contributed by atoms with Crippen LogP contribution in [0.5, 0.6) is 5.75 Å². The molecule has 0 radical (unpaired) electrons. The van der Waals surface area contributed by atoms with E-state index in [2.05, 4.69) is 17.9 Å². The van der Waals surface area contributed by atoms with E-state index in [-0.39, 0.29) is 17.8 Å². The molecule has 2 aromatic rings. The third-order valence-electron chi connectivity index (χ3n) is 6.11. The SMILES string of the molecule is CC(C)Oc1cccc(CN2CC[C@]3(C=CS(=O)(=O)N3c3ccc(F)c(F)c3)C[C@@H]2C)c1. The van der Waals surface area contributed by atoms with Crippen LogP contribution in [0.25, 0.3) is 0 Å². The van der Waals surface area contributed by atoms with Crippen molar-refractivity contribution in [2.75, 3.05) is 10.8 Å². The summed E-state index contributed by atoms with van der Waals surface area (Å²) >= 11 is 0. The van der Waals surface area contributed by atoms with Gasteiger partial charge in [0.05, 0.1) is 17.3 Å². The number of sulfonamides is 1. The maximum atomic E-state index is 13.9. The van der Waals surface area contributed by atoms with Crippen LogP contribution >= 0.6 is 0 Å². The molecule has 0 aliphatic carbocycles. The summed E-state index contributed by atoms with van der Waals surface area (Å²) in [6.45, 7) is 7.42. The average molecular weight is 463 g/mol. The molecule has 2 heterocycles. The zero-order valence-electron chi connectivity index (χ0n) is 18.5. The third kappa shape index (κ3) is 4.38. The van der Waals surface area contributed by atoms with Gasteiger partial charge in [-0.25, -0.2) is 17.2 Å². The Hall–Kier alpha value is -2.45. The lowest BCUT2D eigenvalue weighted by Gasteiger charge is -2.47. The van der Waals surface area contributed by atoms with Crippen molar-refractivity contribution in [1.82, 2.24) is 4.90 Å². The first-order valence-electron chi connectivity index (χ1n) is 10.8. The zero-order chi connectivity index (χ0) is 23.1. The summed E-state index contributed by atoms with van der Waals surface area (Å²) in [5.41, 5.74) is 0.479. The lowest BCUT2D eigenvalue weighted by atomic mass is 9.83. The summed E-state index contributed by atoms with van der Waals surface area (Å²) in [6.07, 6.45) is 2.89. The number of rotatable bonds is 5. The first-order chi connectivity index (χ1) is 15.1. The highest BCUT2D eigenvalue weighted by atomic mass is 32.2. The van der Waals surface area contributed by atoms with Gasteiger partial charge in [0.25, 0.3) is 10.0 Å². The van der Waals surface area contributed by atoms with Gasteiger partial charge in [-0.2, -0.15) is 0 Å². The van der Waals surface area contributed by atoms with Crippen LogP contribution in [0.3, 0.4) is 0 Å². The molecule has 0 unspecified atom stereocenters. The first-order valence-corrected chi connectivity index (χ1v) is 12.3. The summed E-state index contributed by atoms with van der Waals surface area (Å²) in [6, 6.07) is 11.3. The predicted molar refractivity (Wildman–Crippen MR) is 121 cm³/mol. The monoisotopic (exact) mass is 462 g/mol. The molecule has 5 nitrogen and oxygen atoms in total. The van der Waals surface area contributed by atoms with E-state index in [1.54, 1.807) is 6.08 Å².